The third-order valence-electron chi connectivity index (χ3n) is 6.73. The third kappa shape index (κ3) is 5.19. The molecule has 2 rings (SSSR count). The molecule has 0 unspecified atom stereocenters. The van der Waals surface area contributed by atoms with E-state index < -0.39 is 25.1 Å². The average Bonchev–Trinajstić information content (AvgIpc) is 2.71. The summed E-state index contributed by atoms with van der Waals surface area (Å²) >= 11 is 0. The van der Waals surface area contributed by atoms with Crippen molar-refractivity contribution >= 4 is 20.2 Å². The quantitative estimate of drug-likeness (QED) is 0.487. The Balaban J connectivity index is 2.90. The maximum absolute atomic E-state index is 12.3. The highest BCUT2D eigenvalue weighted by Gasteiger charge is 2.29. The van der Waals surface area contributed by atoms with E-state index in [1.54, 1.807) is 12.1 Å². The molecule has 0 saturated heterocycles. The van der Waals surface area contributed by atoms with E-state index >= 15 is 0 Å². The summed E-state index contributed by atoms with van der Waals surface area (Å²) in [5.41, 5.74) is 0.810. The van der Waals surface area contributed by atoms with Crippen molar-refractivity contribution in [2.24, 2.45) is 0 Å². The molecule has 8 heteroatoms. The van der Waals surface area contributed by atoms with Gasteiger partial charge in [0.25, 0.3) is 20.2 Å². The molecule has 0 spiro atoms. The van der Waals surface area contributed by atoms with Gasteiger partial charge in [0.1, 0.15) is 9.79 Å². The number of rotatable bonds is 8. The first-order valence-corrected chi connectivity index (χ1v) is 13.2. The van der Waals surface area contributed by atoms with Crippen molar-refractivity contribution in [1.82, 2.24) is 0 Å². The van der Waals surface area contributed by atoms with Crippen LogP contribution < -0.4 is 0 Å². The molecule has 6 nitrogen and oxygen atoms in total. The molecule has 0 fully saturated rings. The lowest BCUT2D eigenvalue weighted by Crippen LogP contribution is -2.20. The van der Waals surface area contributed by atoms with E-state index in [4.69, 9.17) is 0 Å². The van der Waals surface area contributed by atoms with Crippen molar-refractivity contribution in [2.75, 3.05) is 0 Å². The molecular formula is C23H32O6S2. The Morgan fingerprint density at radius 2 is 1.06 bits per heavy atom. The van der Waals surface area contributed by atoms with Gasteiger partial charge in [-0.2, -0.15) is 16.8 Å². The lowest BCUT2D eigenvalue weighted by Gasteiger charge is -2.28. The lowest BCUT2D eigenvalue weighted by atomic mass is 9.77. The third-order valence-corrected chi connectivity index (χ3v) is 8.52. The summed E-state index contributed by atoms with van der Waals surface area (Å²) in [5, 5.41) is 0. The molecule has 0 aliphatic carbocycles. The van der Waals surface area contributed by atoms with E-state index in [1.807, 2.05) is 41.5 Å². The zero-order valence-corrected chi connectivity index (χ0v) is 20.6. The zero-order chi connectivity index (χ0) is 23.8. The molecule has 0 bridgehead atoms. The minimum atomic E-state index is -4.66. The van der Waals surface area contributed by atoms with Crippen LogP contribution in [0.2, 0.25) is 0 Å². The van der Waals surface area contributed by atoms with Crippen LogP contribution in [0.15, 0.2) is 46.2 Å². The number of hydrogen-bond donors (Lipinski definition) is 2. The molecule has 2 aromatic rings. The van der Waals surface area contributed by atoms with Crippen LogP contribution >= 0.6 is 0 Å². The smallest absolute Gasteiger partial charge is 0.282 e. The molecule has 0 aliphatic heterocycles. The zero-order valence-electron chi connectivity index (χ0n) is 18.9. The second kappa shape index (κ2) is 8.65. The van der Waals surface area contributed by atoms with E-state index in [0.29, 0.717) is 5.56 Å². The minimum Gasteiger partial charge on any atom is -0.282 e. The standard InChI is InChI=1S/C23H32O6S2/c1-7-22(4,5)16-10-12-18(20(14-16)30(24,25)26)19-13-11-17(23(6,8-2)9-3)15-21(19)31(27,28)29/h10-15H,7-9H2,1-6H3,(H,24,25,26)(H,27,28,29). The largest absolute Gasteiger partial charge is 0.295 e. The van der Waals surface area contributed by atoms with Crippen molar-refractivity contribution in [1.29, 1.82) is 0 Å². The Morgan fingerprint density at radius 3 is 1.42 bits per heavy atom. The minimum absolute atomic E-state index is 0.0204. The molecule has 0 saturated carbocycles. The van der Waals surface area contributed by atoms with Crippen LogP contribution in [0.5, 0.6) is 0 Å². The predicted molar refractivity (Wildman–Crippen MR) is 123 cm³/mol. The average molecular weight is 469 g/mol. The van der Waals surface area contributed by atoms with Gasteiger partial charge in [0.15, 0.2) is 0 Å². The second-order valence-corrected chi connectivity index (χ2v) is 11.7. The molecule has 0 heterocycles. The van der Waals surface area contributed by atoms with Gasteiger partial charge in [-0.05, 0) is 53.4 Å². The van der Waals surface area contributed by atoms with Crippen molar-refractivity contribution in [3.63, 3.8) is 0 Å². The number of benzene rings is 2. The van der Waals surface area contributed by atoms with Crippen LogP contribution in [0.1, 0.15) is 71.9 Å². The Hall–Kier alpha value is -1.74. The predicted octanol–water partition coefficient (Wildman–Crippen LogP) is 5.61. The molecule has 2 N–H and O–H groups in total. The van der Waals surface area contributed by atoms with Crippen molar-refractivity contribution in [2.45, 2.75) is 81.4 Å². The highest BCUT2D eigenvalue weighted by atomic mass is 32.2. The summed E-state index contributed by atoms with van der Waals surface area (Å²) < 4.78 is 68.8. The fourth-order valence-electron chi connectivity index (χ4n) is 3.58. The van der Waals surface area contributed by atoms with Gasteiger partial charge in [-0.25, -0.2) is 0 Å². The van der Waals surface area contributed by atoms with E-state index in [1.165, 1.54) is 24.3 Å². The van der Waals surface area contributed by atoms with Gasteiger partial charge in [-0.1, -0.05) is 65.8 Å². The summed E-state index contributed by atoms with van der Waals surface area (Å²) in [5.74, 6) is 0. The maximum atomic E-state index is 12.3. The summed E-state index contributed by atoms with van der Waals surface area (Å²) in [6, 6.07) is 9.22. The summed E-state index contributed by atoms with van der Waals surface area (Å²) in [6.45, 7) is 11.9. The van der Waals surface area contributed by atoms with Crippen molar-refractivity contribution < 1.29 is 25.9 Å². The van der Waals surface area contributed by atoms with Gasteiger partial charge in [0.05, 0.1) is 0 Å². The van der Waals surface area contributed by atoms with Gasteiger partial charge in [0.2, 0.25) is 0 Å². The molecule has 0 atom stereocenters. The Bertz CT molecular complexity index is 1170. The Morgan fingerprint density at radius 1 is 0.677 bits per heavy atom. The molecule has 0 aliphatic rings. The first kappa shape index (κ1) is 25.5. The Labute approximate surface area is 186 Å². The van der Waals surface area contributed by atoms with Crippen LogP contribution in [-0.4, -0.2) is 25.9 Å². The van der Waals surface area contributed by atoms with Crippen LogP contribution in [-0.2, 0) is 31.1 Å². The van der Waals surface area contributed by atoms with E-state index in [-0.39, 0.29) is 26.9 Å². The van der Waals surface area contributed by atoms with Gasteiger partial charge >= 0.3 is 0 Å². The van der Waals surface area contributed by atoms with Crippen LogP contribution in [0, 0.1) is 0 Å². The topological polar surface area (TPSA) is 109 Å². The normalized spacial score (nSPS) is 13.4. The van der Waals surface area contributed by atoms with Crippen LogP contribution in [0.3, 0.4) is 0 Å². The SMILES string of the molecule is CCC(C)(C)c1ccc(-c2ccc(C(C)(CC)CC)cc2S(=O)(=O)O)c(S(=O)(=O)O)c1. The lowest BCUT2D eigenvalue weighted by molar-refractivity contribution is 0.437. The van der Waals surface area contributed by atoms with E-state index in [9.17, 15) is 25.9 Å². The monoisotopic (exact) mass is 468 g/mol. The van der Waals surface area contributed by atoms with Crippen molar-refractivity contribution in [3.05, 3.63) is 47.5 Å². The van der Waals surface area contributed by atoms with Gasteiger partial charge < -0.3 is 0 Å². The molecule has 31 heavy (non-hydrogen) atoms. The summed E-state index contributed by atoms with van der Waals surface area (Å²) in [4.78, 5) is -0.775. The van der Waals surface area contributed by atoms with Gasteiger partial charge in [-0.3, -0.25) is 9.11 Å². The molecule has 172 valence electrons. The first-order valence-electron chi connectivity index (χ1n) is 10.3. The fraction of sp³-hybridized carbons (Fsp3) is 0.478. The molecule has 0 radical (unpaired) electrons. The molecule has 2 aromatic carbocycles. The van der Waals surface area contributed by atoms with Gasteiger partial charge in [0, 0.05) is 11.1 Å². The van der Waals surface area contributed by atoms with Crippen LogP contribution in [0.4, 0.5) is 0 Å². The molecule has 0 amide bonds. The Kier molecular flexibility index (Phi) is 7.12. The number of hydrogen-bond acceptors (Lipinski definition) is 4. The van der Waals surface area contributed by atoms with E-state index in [2.05, 4.69) is 0 Å². The summed E-state index contributed by atoms with van der Waals surface area (Å²) in [7, 11) is -9.32. The second-order valence-electron chi connectivity index (χ2n) is 8.88. The highest BCUT2D eigenvalue weighted by molar-refractivity contribution is 7.86. The van der Waals surface area contributed by atoms with Gasteiger partial charge in [-0.15, -0.1) is 0 Å². The summed E-state index contributed by atoms with van der Waals surface area (Å²) in [6.07, 6.45) is 2.24. The van der Waals surface area contributed by atoms with Crippen LogP contribution in [0.25, 0.3) is 11.1 Å². The first-order chi connectivity index (χ1) is 14.1. The van der Waals surface area contributed by atoms with Crippen molar-refractivity contribution in [3.8, 4) is 11.1 Å². The van der Waals surface area contributed by atoms with E-state index in [0.717, 1.165) is 24.8 Å². The molecule has 0 aromatic heterocycles. The fourth-order valence-corrected chi connectivity index (χ4v) is 5.04. The molecular weight excluding hydrogens is 436 g/mol. The maximum Gasteiger partial charge on any atom is 0.295 e. The highest BCUT2D eigenvalue weighted by Crippen LogP contribution is 2.39.